The zero-order valence-corrected chi connectivity index (χ0v) is 12.1. The Morgan fingerprint density at radius 3 is 2.89 bits per heavy atom. The third kappa shape index (κ3) is 4.11. The van der Waals surface area contributed by atoms with Crippen molar-refractivity contribution >= 4 is 11.3 Å². The van der Waals surface area contributed by atoms with E-state index in [1.807, 2.05) is 13.0 Å². The molecule has 0 aliphatic heterocycles. The Balaban J connectivity index is 2.15. The van der Waals surface area contributed by atoms with Gasteiger partial charge >= 0.3 is 0 Å². The van der Waals surface area contributed by atoms with Gasteiger partial charge in [-0.2, -0.15) is 0 Å². The number of hydrogen-bond donors (Lipinski definition) is 1. The van der Waals surface area contributed by atoms with Gasteiger partial charge in [0.1, 0.15) is 5.82 Å². The highest BCUT2D eigenvalue weighted by Crippen LogP contribution is 2.20. The van der Waals surface area contributed by atoms with Gasteiger partial charge in [-0.05, 0) is 37.6 Å². The summed E-state index contributed by atoms with van der Waals surface area (Å²) in [5, 5.41) is 6.62. The second kappa shape index (κ2) is 6.78. The van der Waals surface area contributed by atoms with E-state index in [-0.39, 0.29) is 11.9 Å². The van der Waals surface area contributed by atoms with Crippen LogP contribution >= 0.6 is 11.3 Å². The summed E-state index contributed by atoms with van der Waals surface area (Å²) in [4.78, 5) is 4.49. The van der Waals surface area contributed by atoms with Gasteiger partial charge in [0.2, 0.25) is 0 Å². The standard InChI is InChI=1S/C15H19FN2S/c1-3-7-17-15(9-14-10-19-11(2)18-14)12-5-4-6-13(16)8-12/h4-6,8,10,15,17H,3,7,9H2,1-2H3. The quantitative estimate of drug-likeness (QED) is 0.867. The fourth-order valence-electron chi connectivity index (χ4n) is 2.06. The van der Waals surface area contributed by atoms with E-state index in [4.69, 9.17) is 0 Å². The highest BCUT2D eigenvalue weighted by Gasteiger charge is 2.13. The van der Waals surface area contributed by atoms with Gasteiger partial charge in [0.05, 0.1) is 10.7 Å². The van der Waals surface area contributed by atoms with Gasteiger partial charge in [-0.1, -0.05) is 19.1 Å². The molecule has 0 fully saturated rings. The van der Waals surface area contributed by atoms with Crippen LogP contribution in [-0.4, -0.2) is 11.5 Å². The molecule has 102 valence electrons. The first-order valence-corrected chi connectivity index (χ1v) is 7.47. The van der Waals surface area contributed by atoms with Gasteiger partial charge in [0.25, 0.3) is 0 Å². The van der Waals surface area contributed by atoms with Gasteiger partial charge in [-0.25, -0.2) is 9.37 Å². The molecule has 2 nitrogen and oxygen atoms in total. The summed E-state index contributed by atoms with van der Waals surface area (Å²) in [6, 6.07) is 6.94. The molecule has 1 aromatic carbocycles. The number of aromatic nitrogens is 1. The number of nitrogens with zero attached hydrogens (tertiary/aromatic N) is 1. The first-order valence-electron chi connectivity index (χ1n) is 6.59. The van der Waals surface area contributed by atoms with Crippen molar-refractivity contribution in [2.75, 3.05) is 6.54 Å². The lowest BCUT2D eigenvalue weighted by Gasteiger charge is -2.18. The first kappa shape index (κ1) is 14.2. The van der Waals surface area contributed by atoms with Crippen LogP contribution in [0, 0.1) is 12.7 Å². The molecule has 0 saturated carbocycles. The molecule has 1 atom stereocenters. The number of thiazole rings is 1. The Morgan fingerprint density at radius 1 is 1.42 bits per heavy atom. The van der Waals surface area contributed by atoms with Crippen LogP contribution in [0.5, 0.6) is 0 Å². The monoisotopic (exact) mass is 278 g/mol. The summed E-state index contributed by atoms with van der Waals surface area (Å²) >= 11 is 1.66. The van der Waals surface area contributed by atoms with Crippen LogP contribution in [0.4, 0.5) is 4.39 Å². The first-order chi connectivity index (χ1) is 9.19. The normalized spacial score (nSPS) is 12.6. The summed E-state index contributed by atoms with van der Waals surface area (Å²) in [5.74, 6) is -0.185. The van der Waals surface area contributed by atoms with E-state index in [1.54, 1.807) is 23.5 Å². The number of benzene rings is 1. The van der Waals surface area contributed by atoms with E-state index in [2.05, 4.69) is 22.6 Å². The highest BCUT2D eigenvalue weighted by atomic mass is 32.1. The zero-order chi connectivity index (χ0) is 13.7. The maximum atomic E-state index is 13.4. The van der Waals surface area contributed by atoms with E-state index in [9.17, 15) is 4.39 Å². The molecule has 2 aromatic rings. The van der Waals surface area contributed by atoms with E-state index in [0.717, 1.165) is 35.7 Å². The smallest absolute Gasteiger partial charge is 0.123 e. The van der Waals surface area contributed by atoms with Gasteiger partial charge in [0, 0.05) is 17.8 Å². The molecule has 4 heteroatoms. The van der Waals surface area contributed by atoms with Gasteiger partial charge in [-0.3, -0.25) is 0 Å². The number of rotatable bonds is 6. The van der Waals surface area contributed by atoms with Gasteiger partial charge in [-0.15, -0.1) is 11.3 Å². The van der Waals surface area contributed by atoms with Crippen LogP contribution in [0.2, 0.25) is 0 Å². The average Bonchev–Trinajstić information content (AvgIpc) is 2.80. The molecule has 0 amide bonds. The van der Waals surface area contributed by atoms with Crippen LogP contribution in [0.15, 0.2) is 29.6 Å². The van der Waals surface area contributed by atoms with Crippen molar-refractivity contribution in [2.24, 2.45) is 0 Å². The topological polar surface area (TPSA) is 24.9 Å². The molecule has 0 radical (unpaired) electrons. The van der Waals surface area contributed by atoms with Crippen LogP contribution in [0.1, 0.15) is 35.7 Å². The third-order valence-electron chi connectivity index (χ3n) is 2.97. The lowest BCUT2D eigenvalue weighted by Crippen LogP contribution is -2.24. The Labute approximate surface area is 117 Å². The molecule has 1 heterocycles. The number of halogens is 1. The summed E-state index contributed by atoms with van der Waals surface area (Å²) < 4.78 is 13.4. The van der Waals surface area contributed by atoms with Crippen molar-refractivity contribution in [2.45, 2.75) is 32.7 Å². The van der Waals surface area contributed by atoms with Crippen LogP contribution in [-0.2, 0) is 6.42 Å². The summed E-state index contributed by atoms with van der Waals surface area (Å²) in [6.07, 6.45) is 1.86. The second-order valence-corrected chi connectivity index (χ2v) is 5.69. The van der Waals surface area contributed by atoms with E-state index >= 15 is 0 Å². The predicted molar refractivity (Wildman–Crippen MR) is 78.0 cm³/mol. The summed E-state index contributed by atoms with van der Waals surface area (Å²) in [7, 11) is 0. The molecule has 0 bridgehead atoms. The second-order valence-electron chi connectivity index (χ2n) is 4.62. The minimum absolute atomic E-state index is 0.122. The Morgan fingerprint density at radius 2 is 2.26 bits per heavy atom. The largest absolute Gasteiger partial charge is 0.310 e. The third-order valence-corrected chi connectivity index (χ3v) is 3.79. The Bertz CT molecular complexity index is 524. The minimum atomic E-state index is -0.185. The molecule has 0 spiro atoms. The van der Waals surface area contributed by atoms with Crippen LogP contribution in [0.25, 0.3) is 0 Å². The average molecular weight is 278 g/mol. The maximum absolute atomic E-state index is 13.4. The fourth-order valence-corrected chi connectivity index (χ4v) is 2.69. The van der Waals surface area contributed by atoms with Crippen LogP contribution in [0.3, 0.4) is 0 Å². The number of aryl methyl sites for hydroxylation is 1. The molecule has 19 heavy (non-hydrogen) atoms. The number of nitrogens with one attached hydrogen (secondary N) is 1. The van der Waals surface area contributed by atoms with E-state index in [1.165, 1.54) is 6.07 Å². The molecule has 0 aliphatic carbocycles. The molecule has 0 aliphatic rings. The molecule has 1 aromatic heterocycles. The maximum Gasteiger partial charge on any atom is 0.123 e. The van der Waals surface area contributed by atoms with Crippen molar-refractivity contribution in [1.29, 1.82) is 0 Å². The molecule has 2 rings (SSSR count). The lowest BCUT2D eigenvalue weighted by molar-refractivity contribution is 0.520. The minimum Gasteiger partial charge on any atom is -0.310 e. The van der Waals surface area contributed by atoms with Gasteiger partial charge in [0.15, 0.2) is 0 Å². The lowest BCUT2D eigenvalue weighted by atomic mass is 10.0. The Kier molecular flexibility index (Phi) is 5.05. The van der Waals surface area contributed by atoms with Gasteiger partial charge < -0.3 is 5.32 Å². The van der Waals surface area contributed by atoms with Crippen molar-refractivity contribution in [1.82, 2.24) is 10.3 Å². The summed E-state index contributed by atoms with van der Waals surface area (Å²) in [6.45, 7) is 5.05. The zero-order valence-electron chi connectivity index (χ0n) is 11.3. The molecule has 1 N–H and O–H groups in total. The van der Waals surface area contributed by atoms with Crippen molar-refractivity contribution in [3.05, 3.63) is 51.7 Å². The fraction of sp³-hybridized carbons (Fsp3) is 0.400. The van der Waals surface area contributed by atoms with E-state index < -0.39 is 0 Å². The predicted octanol–water partition coefficient (Wildman–Crippen LogP) is 3.87. The van der Waals surface area contributed by atoms with Crippen molar-refractivity contribution < 1.29 is 4.39 Å². The number of hydrogen-bond acceptors (Lipinski definition) is 3. The summed E-state index contributed by atoms with van der Waals surface area (Å²) in [5.41, 5.74) is 2.06. The molecular weight excluding hydrogens is 259 g/mol. The molecular formula is C15H19FN2S. The van der Waals surface area contributed by atoms with Crippen LogP contribution < -0.4 is 5.32 Å². The highest BCUT2D eigenvalue weighted by molar-refractivity contribution is 7.09. The Hall–Kier alpha value is -1.26. The SMILES string of the molecule is CCCNC(Cc1csc(C)n1)c1cccc(F)c1. The molecule has 1 unspecified atom stereocenters. The van der Waals surface area contributed by atoms with E-state index in [0.29, 0.717) is 0 Å². The molecule has 0 saturated heterocycles. The van der Waals surface area contributed by atoms with Crippen molar-refractivity contribution in [3.8, 4) is 0 Å². The van der Waals surface area contributed by atoms with Crippen molar-refractivity contribution in [3.63, 3.8) is 0 Å².